The van der Waals surface area contributed by atoms with Crippen LogP contribution in [0.4, 0.5) is 0 Å². The molecule has 5 heteroatoms. The van der Waals surface area contributed by atoms with Crippen LogP contribution in [0.1, 0.15) is 31.7 Å². The molecule has 0 aromatic heterocycles. The van der Waals surface area contributed by atoms with Gasteiger partial charge < -0.3 is 4.74 Å². The van der Waals surface area contributed by atoms with Gasteiger partial charge in [-0.3, -0.25) is 0 Å². The van der Waals surface area contributed by atoms with E-state index < -0.39 is 10.0 Å². The van der Waals surface area contributed by atoms with Crippen molar-refractivity contribution in [2.45, 2.75) is 49.6 Å². The molecule has 0 N–H and O–H groups in total. The van der Waals surface area contributed by atoms with E-state index in [0.717, 1.165) is 31.4 Å². The van der Waals surface area contributed by atoms with Gasteiger partial charge >= 0.3 is 0 Å². The minimum atomic E-state index is -3.51. The molecule has 0 unspecified atom stereocenters. The lowest BCUT2D eigenvalue weighted by Crippen LogP contribution is -2.51. The molecule has 1 spiro atoms. The largest absolute Gasteiger partial charge is 0.373 e. The summed E-state index contributed by atoms with van der Waals surface area (Å²) in [4.78, 5) is 0.355. The molecule has 0 radical (unpaired) electrons. The maximum atomic E-state index is 13.0. The second-order valence-electron chi connectivity index (χ2n) is 6.26. The van der Waals surface area contributed by atoms with E-state index in [1.54, 1.807) is 16.4 Å². The summed E-state index contributed by atoms with van der Waals surface area (Å²) in [5, 5.41) is 0. The molecule has 1 saturated heterocycles. The highest BCUT2D eigenvalue weighted by Gasteiger charge is 2.46. The molecule has 0 bridgehead atoms. The first-order valence-electron chi connectivity index (χ1n) is 7.83. The van der Waals surface area contributed by atoms with Gasteiger partial charge in [0, 0.05) is 13.2 Å². The molecular formula is C17H23NO3S. The van der Waals surface area contributed by atoms with Crippen LogP contribution < -0.4 is 0 Å². The molecule has 120 valence electrons. The molecule has 2 heterocycles. The van der Waals surface area contributed by atoms with Crippen LogP contribution in [0.15, 0.2) is 41.3 Å². The second-order valence-corrected chi connectivity index (χ2v) is 8.15. The van der Waals surface area contributed by atoms with Crippen molar-refractivity contribution < 1.29 is 13.2 Å². The minimum absolute atomic E-state index is 0.170. The van der Waals surface area contributed by atoms with Crippen molar-refractivity contribution in [3.63, 3.8) is 0 Å². The van der Waals surface area contributed by atoms with Crippen molar-refractivity contribution in [3.8, 4) is 0 Å². The maximum absolute atomic E-state index is 13.0. The first-order chi connectivity index (χ1) is 10.5. The van der Waals surface area contributed by atoms with E-state index in [4.69, 9.17) is 4.74 Å². The number of hydrogen-bond donors (Lipinski definition) is 0. The number of ether oxygens (including phenoxy) is 1. The Morgan fingerprint density at radius 3 is 2.59 bits per heavy atom. The molecule has 3 rings (SSSR count). The Morgan fingerprint density at radius 1 is 1.23 bits per heavy atom. The molecule has 22 heavy (non-hydrogen) atoms. The van der Waals surface area contributed by atoms with Gasteiger partial charge in [0.05, 0.1) is 16.5 Å². The average molecular weight is 321 g/mol. The number of hydrogen-bond acceptors (Lipinski definition) is 3. The zero-order valence-corrected chi connectivity index (χ0v) is 14.0. The van der Waals surface area contributed by atoms with Gasteiger partial charge in [-0.25, -0.2) is 8.42 Å². The zero-order chi connectivity index (χ0) is 15.8. The number of rotatable bonds is 2. The smallest absolute Gasteiger partial charge is 0.243 e. The first kappa shape index (κ1) is 15.7. The Bertz CT molecular complexity index is 658. The number of aryl methyl sites for hydroxylation is 1. The highest BCUT2D eigenvalue weighted by Crippen LogP contribution is 2.38. The van der Waals surface area contributed by atoms with Crippen LogP contribution in [0, 0.1) is 6.92 Å². The van der Waals surface area contributed by atoms with Crippen LogP contribution in [0.3, 0.4) is 0 Å². The van der Waals surface area contributed by atoms with Crippen LogP contribution in [0.25, 0.3) is 0 Å². The van der Waals surface area contributed by atoms with Crippen molar-refractivity contribution >= 4 is 10.0 Å². The van der Waals surface area contributed by atoms with Gasteiger partial charge in [0.1, 0.15) is 0 Å². The lowest BCUT2D eigenvalue weighted by Gasteiger charge is -2.38. The Labute approximate surface area is 132 Å². The van der Waals surface area contributed by atoms with E-state index >= 15 is 0 Å². The van der Waals surface area contributed by atoms with E-state index in [2.05, 4.69) is 6.08 Å². The molecule has 2 aliphatic rings. The van der Waals surface area contributed by atoms with Crippen molar-refractivity contribution in [2.75, 3.05) is 13.2 Å². The number of benzene rings is 1. The normalized spacial score (nSPS) is 29.8. The van der Waals surface area contributed by atoms with E-state index in [0.29, 0.717) is 11.4 Å². The van der Waals surface area contributed by atoms with Gasteiger partial charge in [0.25, 0.3) is 0 Å². The number of nitrogens with zero attached hydrogens (tertiary/aromatic N) is 1. The molecule has 1 fully saturated rings. The fourth-order valence-electron chi connectivity index (χ4n) is 3.41. The van der Waals surface area contributed by atoms with Gasteiger partial charge in [-0.15, -0.1) is 0 Å². The predicted octanol–water partition coefficient (Wildman–Crippen LogP) is 2.88. The van der Waals surface area contributed by atoms with Crippen molar-refractivity contribution in [1.29, 1.82) is 0 Å². The fraction of sp³-hybridized carbons (Fsp3) is 0.529. The third-order valence-electron chi connectivity index (χ3n) is 4.87. The highest BCUT2D eigenvalue weighted by atomic mass is 32.2. The van der Waals surface area contributed by atoms with E-state index in [9.17, 15) is 8.42 Å². The highest BCUT2D eigenvalue weighted by molar-refractivity contribution is 7.89. The minimum Gasteiger partial charge on any atom is -0.373 e. The standard InChI is InChI=1S/C17H23NO3S/c1-14-6-8-16(9-7-14)22(19,20)18-12-4-3-10-17(15(18)2)11-5-13-21-17/h3-4,6-9,15H,5,10-13H2,1-2H3/t15-,17+/m0/s1. The molecule has 0 amide bonds. The SMILES string of the molecule is Cc1ccc(S(=O)(=O)N2CC=CC[C@@]3(CCCO3)[C@@H]2C)cc1. The Kier molecular flexibility index (Phi) is 4.14. The lowest BCUT2D eigenvalue weighted by molar-refractivity contribution is -0.0352. The van der Waals surface area contributed by atoms with Crippen LogP contribution in [0.5, 0.6) is 0 Å². The third-order valence-corrected chi connectivity index (χ3v) is 6.82. The average Bonchev–Trinajstić information content (AvgIpc) is 2.90. The third kappa shape index (κ3) is 2.62. The van der Waals surface area contributed by atoms with E-state index in [-0.39, 0.29) is 11.6 Å². The van der Waals surface area contributed by atoms with Gasteiger partial charge in [-0.2, -0.15) is 4.31 Å². The summed E-state index contributed by atoms with van der Waals surface area (Å²) in [7, 11) is -3.51. The van der Waals surface area contributed by atoms with E-state index in [1.807, 2.05) is 32.1 Å². The molecule has 2 atom stereocenters. The number of sulfonamides is 1. The van der Waals surface area contributed by atoms with Crippen molar-refractivity contribution in [1.82, 2.24) is 4.31 Å². The van der Waals surface area contributed by atoms with Crippen LogP contribution in [-0.4, -0.2) is 37.5 Å². The van der Waals surface area contributed by atoms with E-state index in [1.165, 1.54) is 0 Å². The molecule has 4 nitrogen and oxygen atoms in total. The van der Waals surface area contributed by atoms with Gasteiger partial charge in [0.2, 0.25) is 10.0 Å². The summed E-state index contributed by atoms with van der Waals surface area (Å²) in [6.07, 6.45) is 6.70. The topological polar surface area (TPSA) is 46.6 Å². The van der Waals surface area contributed by atoms with Crippen LogP contribution in [0.2, 0.25) is 0 Å². The quantitative estimate of drug-likeness (QED) is 0.787. The second kappa shape index (κ2) is 5.80. The maximum Gasteiger partial charge on any atom is 0.243 e. The monoisotopic (exact) mass is 321 g/mol. The van der Waals surface area contributed by atoms with Gasteiger partial charge in [-0.05, 0) is 45.2 Å². The zero-order valence-electron chi connectivity index (χ0n) is 13.2. The fourth-order valence-corrected chi connectivity index (χ4v) is 5.06. The Balaban J connectivity index is 1.98. The van der Waals surface area contributed by atoms with Gasteiger partial charge in [0.15, 0.2) is 0 Å². The summed E-state index contributed by atoms with van der Waals surface area (Å²) >= 11 is 0. The van der Waals surface area contributed by atoms with Crippen LogP contribution >= 0.6 is 0 Å². The summed E-state index contributed by atoms with van der Waals surface area (Å²) in [6.45, 7) is 5.05. The van der Waals surface area contributed by atoms with Crippen molar-refractivity contribution in [3.05, 3.63) is 42.0 Å². The molecule has 1 aromatic rings. The summed E-state index contributed by atoms with van der Waals surface area (Å²) in [5.41, 5.74) is 0.684. The Hall–Kier alpha value is -1.17. The molecule has 0 saturated carbocycles. The molecule has 0 aliphatic carbocycles. The van der Waals surface area contributed by atoms with Crippen molar-refractivity contribution in [2.24, 2.45) is 0 Å². The summed E-state index contributed by atoms with van der Waals surface area (Å²) in [6, 6.07) is 6.89. The predicted molar refractivity (Wildman–Crippen MR) is 86.2 cm³/mol. The summed E-state index contributed by atoms with van der Waals surface area (Å²) < 4.78 is 33.7. The molecule has 1 aromatic carbocycles. The lowest BCUT2D eigenvalue weighted by atomic mass is 9.89. The van der Waals surface area contributed by atoms with Crippen LogP contribution in [-0.2, 0) is 14.8 Å². The van der Waals surface area contributed by atoms with Gasteiger partial charge in [-0.1, -0.05) is 29.8 Å². The Morgan fingerprint density at radius 2 is 1.95 bits per heavy atom. The molecule has 2 aliphatic heterocycles. The first-order valence-corrected chi connectivity index (χ1v) is 9.27. The summed E-state index contributed by atoms with van der Waals surface area (Å²) in [5.74, 6) is 0. The molecular weight excluding hydrogens is 298 g/mol.